The van der Waals surface area contributed by atoms with Gasteiger partial charge in [-0.25, -0.2) is 17.6 Å². The summed E-state index contributed by atoms with van der Waals surface area (Å²) in [4.78, 5) is 13.8. The van der Waals surface area contributed by atoms with E-state index in [0.717, 1.165) is 17.8 Å². The van der Waals surface area contributed by atoms with Crippen LogP contribution in [0.4, 0.5) is 10.1 Å². The number of carbonyl (C=O) groups excluding carboxylic acids is 1. The standard InChI is InChI=1S/C18H19FN2O4S/c1-25-18(22)14-3-2-4-16(13-14)20-9-11-21(12-10-20)26(23,24)17-7-5-15(19)6-8-17/h2-8,13H,9-12H2,1H3. The Kier molecular flexibility index (Phi) is 5.24. The number of anilines is 1. The molecular formula is C18H19FN2O4S. The summed E-state index contributed by atoms with van der Waals surface area (Å²) in [5, 5.41) is 0. The summed E-state index contributed by atoms with van der Waals surface area (Å²) in [6, 6.07) is 11.9. The second-order valence-corrected chi connectivity index (χ2v) is 7.82. The van der Waals surface area contributed by atoms with Gasteiger partial charge >= 0.3 is 5.97 Å². The summed E-state index contributed by atoms with van der Waals surface area (Å²) in [5.41, 5.74) is 1.29. The number of methoxy groups -OCH3 is 1. The highest BCUT2D eigenvalue weighted by Gasteiger charge is 2.28. The number of ether oxygens (including phenoxy) is 1. The van der Waals surface area contributed by atoms with Gasteiger partial charge in [0.05, 0.1) is 17.6 Å². The average molecular weight is 378 g/mol. The van der Waals surface area contributed by atoms with Gasteiger partial charge in [0.2, 0.25) is 10.0 Å². The molecule has 8 heteroatoms. The minimum Gasteiger partial charge on any atom is -0.465 e. The molecule has 2 aromatic rings. The molecule has 1 heterocycles. The zero-order valence-corrected chi connectivity index (χ0v) is 15.1. The van der Waals surface area contributed by atoms with Crippen LogP contribution in [0, 0.1) is 5.82 Å². The lowest BCUT2D eigenvalue weighted by Crippen LogP contribution is -2.48. The fourth-order valence-corrected chi connectivity index (χ4v) is 4.31. The van der Waals surface area contributed by atoms with E-state index in [1.165, 1.54) is 23.5 Å². The van der Waals surface area contributed by atoms with Crippen molar-refractivity contribution >= 4 is 21.7 Å². The first-order chi connectivity index (χ1) is 12.4. The molecule has 0 bridgehead atoms. The molecule has 1 aliphatic heterocycles. The van der Waals surface area contributed by atoms with Crippen LogP contribution in [0.2, 0.25) is 0 Å². The van der Waals surface area contributed by atoms with Gasteiger partial charge < -0.3 is 9.64 Å². The third-order valence-corrected chi connectivity index (χ3v) is 6.24. The van der Waals surface area contributed by atoms with Gasteiger partial charge in [-0.2, -0.15) is 4.31 Å². The molecular weight excluding hydrogens is 359 g/mol. The highest BCUT2D eigenvalue weighted by atomic mass is 32.2. The number of hydrogen-bond acceptors (Lipinski definition) is 5. The molecule has 0 N–H and O–H groups in total. The van der Waals surface area contributed by atoms with Gasteiger partial charge in [-0.3, -0.25) is 0 Å². The van der Waals surface area contributed by atoms with Crippen LogP contribution in [-0.4, -0.2) is 52.0 Å². The van der Waals surface area contributed by atoms with E-state index in [9.17, 15) is 17.6 Å². The number of carbonyl (C=O) groups is 1. The number of halogens is 1. The minimum absolute atomic E-state index is 0.0834. The Morgan fingerprint density at radius 3 is 2.31 bits per heavy atom. The molecule has 0 atom stereocenters. The van der Waals surface area contributed by atoms with Gasteiger partial charge in [0, 0.05) is 31.9 Å². The molecule has 0 spiro atoms. The summed E-state index contributed by atoms with van der Waals surface area (Å²) in [6.45, 7) is 1.60. The summed E-state index contributed by atoms with van der Waals surface area (Å²) in [6.07, 6.45) is 0. The van der Waals surface area contributed by atoms with Crippen molar-refractivity contribution in [1.82, 2.24) is 4.31 Å². The van der Waals surface area contributed by atoms with Crippen LogP contribution in [0.25, 0.3) is 0 Å². The predicted molar refractivity (Wildman–Crippen MR) is 95.2 cm³/mol. The second kappa shape index (κ2) is 7.43. The number of esters is 1. The minimum atomic E-state index is -3.64. The highest BCUT2D eigenvalue weighted by molar-refractivity contribution is 7.89. The number of nitrogens with zero attached hydrogens (tertiary/aromatic N) is 2. The highest BCUT2D eigenvalue weighted by Crippen LogP contribution is 2.22. The Bertz CT molecular complexity index is 892. The smallest absolute Gasteiger partial charge is 0.337 e. The number of sulfonamides is 1. The first-order valence-electron chi connectivity index (χ1n) is 8.11. The first kappa shape index (κ1) is 18.3. The van der Waals surface area contributed by atoms with E-state index in [0.29, 0.717) is 31.7 Å². The molecule has 1 aliphatic rings. The van der Waals surface area contributed by atoms with Gasteiger partial charge in [-0.15, -0.1) is 0 Å². The SMILES string of the molecule is COC(=O)c1cccc(N2CCN(S(=O)(=O)c3ccc(F)cc3)CC2)c1. The number of rotatable bonds is 4. The van der Waals surface area contributed by atoms with Crippen molar-refractivity contribution in [3.8, 4) is 0 Å². The average Bonchev–Trinajstić information content (AvgIpc) is 2.68. The number of benzene rings is 2. The van der Waals surface area contributed by atoms with Crippen LogP contribution in [-0.2, 0) is 14.8 Å². The summed E-state index contributed by atoms with van der Waals surface area (Å²) in [5.74, 6) is -0.886. The van der Waals surface area contributed by atoms with E-state index in [-0.39, 0.29) is 4.90 Å². The Hall–Kier alpha value is -2.45. The van der Waals surface area contributed by atoms with Crippen molar-refractivity contribution in [3.63, 3.8) is 0 Å². The van der Waals surface area contributed by atoms with Gasteiger partial charge in [0.15, 0.2) is 0 Å². The van der Waals surface area contributed by atoms with Crippen LogP contribution < -0.4 is 4.90 Å². The van der Waals surface area contributed by atoms with Crippen molar-refractivity contribution in [2.24, 2.45) is 0 Å². The number of piperazine rings is 1. The molecule has 1 saturated heterocycles. The van der Waals surface area contributed by atoms with Crippen molar-refractivity contribution in [1.29, 1.82) is 0 Å². The van der Waals surface area contributed by atoms with Crippen LogP contribution in [0.15, 0.2) is 53.4 Å². The van der Waals surface area contributed by atoms with E-state index in [1.807, 2.05) is 11.0 Å². The molecule has 0 saturated carbocycles. The van der Waals surface area contributed by atoms with E-state index in [1.54, 1.807) is 18.2 Å². The summed E-state index contributed by atoms with van der Waals surface area (Å²) >= 11 is 0. The summed E-state index contributed by atoms with van der Waals surface area (Å²) < 4.78 is 44.4. The summed E-state index contributed by atoms with van der Waals surface area (Å²) in [7, 11) is -2.32. The molecule has 0 aromatic heterocycles. The zero-order chi connectivity index (χ0) is 18.7. The van der Waals surface area contributed by atoms with E-state index < -0.39 is 21.8 Å². The Balaban J connectivity index is 1.71. The first-order valence-corrected chi connectivity index (χ1v) is 9.55. The predicted octanol–water partition coefficient (Wildman–Crippen LogP) is 2.12. The van der Waals surface area contributed by atoms with Gasteiger partial charge in [0.1, 0.15) is 5.82 Å². The third-order valence-electron chi connectivity index (χ3n) is 4.32. The zero-order valence-electron chi connectivity index (χ0n) is 14.3. The molecule has 3 rings (SSSR count). The maximum atomic E-state index is 13.0. The van der Waals surface area contributed by atoms with Crippen molar-refractivity contribution in [2.75, 3.05) is 38.2 Å². The molecule has 6 nitrogen and oxygen atoms in total. The van der Waals surface area contributed by atoms with Crippen molar-refractivity contribution in [2.45, 2.75) is 4.90 Å². The molecule has 138 valence electrons. The Morgan fingerprint density at radius 2 is 1.69 bits per heavy atom. The molecule has 0 radical (unpaired) electrons. The normalized spacial score (nSPS) is 15.7. The Labute approximate surface area is 151 Å². The largest absolute Gasteiger partial charge is 0.465 e. The Morgan fingerprint density at radius 1 is 1.04 bits per heavy atom. The maximum absolute atomic E-state index is 13.0. The fourth-order valence-electron chi connectivity index (χ4n) is 2.89. The monoisotopic (exact) mass is 378 g/mol. The quantitative estimate of drug-likeness (QED) is 0.763. The molecule has 1 fully saturated rings. The maximum Gasteiger partial charge on any atom is 0.337 e. The lowest BCUT2D eigenvalue weighted by Gasteiger charge is -2.35. The fraction of sp³-hybridized carbons (Fsp3) is 0.278. The van der Waals surface area contributed by atoms with E-state index in [4.69, 9.17) is 4.74 Å². The van der Waals surface area contributed by atoms with Crippen LogP contribution >= 0.6 is 0 Å². The molecule has 0 amide bonds. The van der Waals surface area contributed by atoms with Crippen molar-refractivity contribution < 1.29 is 22.3 Å². The van der Waals surface area contributed by atoms with Gasteiger partial charge in [0.25, 0.3) is 0 Å². The van der Waals surface area contributed by atoms with Crippen molar-refractivity contribution in [3.05, 3.63) is 59.9 Å². The molecule has 0 unspecified atom stereocenters. The lowest BCUT2D eigenvalue weighted by atomic mass is 10.2. The number of hydrogen-bond donors (Lipinski definition) is 0. The van der Waals surface area contributed by atoms with Gasteiger partial charge in [-0.1, -0.05) is 6.07 Å². The molecule has 0 aliphatic carbocycles. The topological polar surface area (TPSA) is 66.9 Å². The third kappa shape index (κ3) is 3.71. The molecule has 26 heavy (non-hydrogen) atoms. The van der Waals surface area contributed by atoms with E-state index >= 15 is 0 Å². The molecule has 2 aromatic carbocycles. The van der Waals surface area contributed by atoms with Gasteiger partial charge in [-0.05, 0) is 42.5 Å². The van der Waals surface area contributed by atoms with Crippen LogP contribution in [0.5, 0.6) is 0 Å². The van der Waals surface area contributed by atoms with Crippen LogP contribution in [0.1, 0.15) is 10.4 Å². The van der Waals surface area contributed by atoms with E-state index in [2.05, 4.69) is 0 Å². The second-order valence-electron chi connectivity index (χ2n) is 5.89. The van der Waals surface area contributed by atoms with Crippen LogP contribution in [0.3, 0.4) is 0 Å². The lowest BCUT2D eigenvalue weighted by molar-refractivity contribution is 0.0600.